The lowest BCUT2D eigenvalue weighted by molar-refractivity contribution is -0.116. The fourth-order valence-corrected chi connectivity index (χ4v) is 6.64. The van der Waals surface area contributed by atoms with E-state index in [1.54, 1.807) is 72.5 Å². The average Bonchev–Trinajstić information content (AvgIpc) is 3.07. The molecule has 1 aliphatic rings. The monoisotopic (exact) mass is 679 g/mol. The largest absolute Gasteiger partial charge is 0.488 e. The van der Waals surface area contributed by atoms with Gasteiger partial charge in [0.05, 0.1) is 41.0 Å². The highest BCUT2D eigenvalue weighted by atomic mass is 32.2. The van der Waals surface area contributed by atoms with Gasteiger partial charge in [-0.15, -0.1) is 0 Å². The van der Waals surface area contributed by atoms with E-state index in [1.807, 2.05) is 6.92 Å². The molecule has 0 spiro atoms. The predicted octanol–water partition coefficient (Wildman–Crippen LogP) is 4.34. The summed E-state index contributed by atoms with van der Waals surface area (Å²) in [5, 5.41) is 15.6. The van der Waals surface area contributed by atoms with Gasteiger partial charge in [0.25, 0.3) is 5.91 Å². The number of likely N-dealkylation sites (N-methyl/N-ethyl adjacent to an activating group) is 1. The summed E-state index contributed by atoms with van der Waals surface area (Å²) in [5.74, 6) is -0.780. The molecular weight excluding hydrogens is 634 g/mol. The number of nitrogens with one attached hydrogen (secondary N) is 2. The summed E-state index contributed by atoms with van der Waals surface area (Å²) >= 11 is 0. The Morgan fingerprint density at radius 2 is 1.65 bits per heavy atom. The quantitative estimate of drug-likeness (QED) is 0.144. The highest BCUT2D eigenvalue weighted by molar-refractivity contribution is 7.89. The highest BCUT2D eigenvalue weighted by Crippen LogP contribution is 2.31. The number of nitrogens with two attached hydrogens (primary N) is 1. The van der Waals surface area contributed by atoms with E-state index in [2.05, 4.69) is 10.6 Å². The molecule has 3 aromatic rings. The number of rotatable bonds is 14. The molecule has 0 unspecified atom stereocenters. The maximum atomic E-state index is 13.8. The van der Waals surface area contributed by atoms with Crippen LogP contribution in [0.25, 0.3) is 0 Å². The summed E-state index contributed by atoms with van der Waals surface area (Å²) in [5.41, 5.74) is 7.54. The number of ether oxygens (including phenoxy) is 1. The maximum absolute atomic E-state index is 13.8. The third kappa shape index (κ3) is 9.33. The molecule has 0 aromatic heterocycles. The van der Waals surface area contributed by atoms with Crippen molar-refractivity contribution in [2.75, 3.05) is 43.1 Å². The molecule has 5 N–H and O–H groups in total. The van der Waals surface area contributed by atoms with Gasteiger partial charge < -0.3 is 31.1 Å². The van der Waals surface area contributed by atoms with Crippen LogP contribution in [0.1, 0.15) is 56.3 Å². The lowest BCUT2D eigenvalue weighted by atomic mass is 9.99. The van der Waals surface area contributed by atoms with E-state index in [9.17, 15) is 27.9 Å². The second-order valence-electron chi connectivity index (χ2n) is 12.2. The van der Waals surface area contributed by atoms with Gasteiger partial charge in [-0.25, -0.2) is 8.42 Å². The van der Waals surface area contributed by atoms with Crippen molar-refractivity contribution in [1.29, 1.82) is 0 Å². The highest BCUT2D eigenvalue weighted by Gasteiger charge is 2.35. The lowest BCUT2D eigenvalue weighted by Crippen LogP contribution is -2.50. The zero-order valence-corrected chi connectivity index (χ0v) is 28.4. The van der Waals surface area contributed by atoms with Crippen molar-refractivity contribution >= 4 is 44.8 Å². The average molecular weight is 680 g/mol. The zero-order valence-electron chi connectivity index (χ0n) is 27.6. The molecule has 1 heterocycles. The van der Waals surface area contributed by atoms with E-state index in [0.29, 0.717) is 42.7 Å². The van der Waals surface area contributed by atoms with Crippen LogP contribution in [0.3, 0.4) is 0 Å². The number of nitrogen functional groups attached to an aromatic ring is 1. The first-order valence-electron chi connectivity index (χ1n) is 16.1. The number of aliphatic hydroxyl groups is 1. The molecule has 0 bridgehead atoms. The molecule has 258 valence electrons. The Morgan fingerprint density at radius 3 is 2.31 bits per heavy atom. The number of amides is 3. The van der Waals surface area contributed by atoms with Crippen LogP contribution in [0, 0.1) is 5.92 Å². The Bertz CT molecular complexity index is 1690. The van der Waals surface area contributed by atoms with Gasteiger partial charge in [0.15, 0.2) is 0 Å². The van der Waals surface area contributed by atoms with Gasteiger partial charge in [0.1, 0.15) is 11.9 Å². The molecule has 3 amide bonds. The second-order valence-corrected chi connectivity index (χ2v) is 14.2. The van der Waals surface area contributed by atoms with Crippen LogP contribution >= 0.6 is 0 Å². The smallest absolute Gasteiger partial charge is 0.258 e. The number of para-hydroxylation sites is 2. The molecule has 12 nitrogen and oxygen atoms in total. The molecule has 0 saturated heterocycles. The number of carbonyl (C=O) groups is 3. The Hall–Kier alpha value is -4.46. The number of fused-ring (bicyclic) bond motifs is 1. The van der Waals surface area contributed by atoms with Crippen LogP contribution in [0.5, 0.6) is 5.75 Å². The molecule has 4 rings (SSSR count). The number of sulfonamides is 1. The minimum atomic E-state index is -3.80. The van der Waals surface area contributed by atoms with E-state index < -0.39 is 22.2 Å². The van der Waals surface area contributed by atoms with Crippen molar-refractivity contribution in [2.45, 2.75) is 63.0 Å². The Morgan fingerprint density at radius 1 is 1.00 bits per heavy atom. The number of nitrogens with zero attached hydrogens (tertiary/aromatic N) is 2. The molecule has 3 atom stereocenters. The van der Waals surface area contributed by atoms with Crippen LogP contribution in [-0.2, 0) is 19.6 Å². The molecule has 0 saturated carbocycles. The van der Waals surface area contributed by atoms with E-state index in [1.165, 1.54) is 23.5 Å². The number of aliphatic hydroxyl groups excluding tert-OH is 1. The maximum Gasteiger partial charge on any atom is 0.258 e. The number of carbonyl (C=O) groups excluding carboxylic acids is 3. The zero-order chi connectivity index (χ0) is 34.8. The number of anilines is 3. The topological polar surface area (TPSA) is 171 Å². The predicted molar refractivity (Wildman–Crippen MR) is 185 cm³/mol. The molecule has 0 aliphatic carbocycles. The summed E-state index contributed by atoms with van der Waals surface area (Å²) in [7, 11) is -2.30. The van der Waals surface area contributed by atoms with Crippen molar-refractivity contribution < 1.29 is 32.6 Å². The van der Waals surface area contributed by atoms with Crippen molar-refractivity contribution in [1.82, 2.24) is 9.21 Å². The van der Waals surface area contributed by atoms with Crippen LogP contribution in [0.2, 0.25) is 0 Å². The van der Waals surface area contributed by atoms with Crippen molar-refractivity contribution in [3.63, 3.8) is 0 Å². The summed E-state index contributed by atoms with van der Waals surface area (Å²) in [4.78, 5) is 40.5. The van der Waals surface area contributed by atoms with Gasteiger partial charge in [-0.1, -0.05) is 43.7 Å². The van der Waals surface area contributed by atoms with Crippen LogP contribution in [0.15, 0.2) is 77.7 Å². The van der Waals surface area contributed by atoms with Crippen molar-refractivity contribution in [2.24, 2.45) is 5.92 Å². The molecule has 13 heteroatoms. The third-order valence-electron chi connectivity index (χ3n) is 8.38. The van der Waals surface area contributed by atoms with Gasteiger partial charge in [0.2, 0.25) is 21.8 Å². The number of benzene rings is 3. The van der Waals surface area contributed by atoms with Gasteiger partial charge in [-0.3, -0.25) is 14.4 Å². The fourth-order valence-electron chi connectivity index (χ4n) is 5.44. The normalized spacial score (nSPS) is 17.1. The van der Waals surface area contributed by atoms with Gasteiger partial charge >= 0.3 is 0 Å². The number of hydrogen-bond acceptors (Lipinski definition) is 8. The van der Waals surface area contributed by atoms with Crippen molar-refractivity contribution in [3.8, 4) is 5.75 Å². The Balaban J connectivity index is 1.40. The third-order valence-corrected chi connectivity index (χ3v) is 10.2. The Labute approximate surface area is 282 Å². The first kappa shape index (κ1) is 36.4. The summed E-state index contributed by atoms with van der Waals surface area (Å²) in [6.07, 6.45) is 1.76. The van der Waals surface area contributed by atoms with Gasteiger partial charge in [-0.05, 0) is 62.2 Å². The standard InChI is InChI=1S/C35H45N5O7S/c1-24-21-40(25(2)23-41)35(44)28-20-26(37-33(42)16-8-5-9-17-34(43)38-30-15-11-10-14-29(30)36)18-19-31(28)47-32(24)22-39(3)48(45,46)27-12-6-4-7-13-27/h4,6-7,10-15,18-20,24-25,32,41H,5,8-9,16-17,21-23,36H2,1-3H3,(H,37,42)(H,38,43)/t24-,25-,32+/m0/s1. The van der Waals surface area contributed by atoms with Crippen LogP contribution in [-0.4, -0.2) is 79.3 Å². The summed E-state index contributed by atoms with van der Waals surface area (Å²) < 4.78 is 34.1. The van der Waals surface area contributed by atoms with E-state index >= 15 is 0 Å². The molecule has 0 fully saturated rings. The van der Waals surface area contributed by atoms with E-state index in [0.717, 1.165) is 0 Å². The SMILES string of the molecule is C[C@H]1CN([C@@H](C)CO)C(=O)c2cc(NC(=O)CCCCCC(=O)Nc3ccccc3N)ccc2O[C@@H]1CN(C)S(=O)(=O)c1ccccc1. The lowest BCUT2D eigenvalue weighted by Gasteiger charge is -2.38. The van der Waals surface area contributed by atoms with E-state index in [4.69, 9.17) is 10.5 Å². The molecular formula is C35H45N5O7S. The number of unbranched alkanes of at least 4 members (excludes halogenated alkanes) is 2. The van der Waals surface area contributed by atoms with Gasteiger partial charge in [0, 0.05) is 38.0 Å². The summed E-state index contributed by atoms with van der Waals surface area (Å²) in [6.45, 7) is 3.59. The minimum Gasteiger partial charge on any atom is -0.488 e. The molecule has 1 aliphatic heterocycles. The summed E-state index contributed by atoms with van der Waals surface area (Å²) in [6, 6.07) is 19.4. The second kappa shape index (κ2) is 16.6. The first-order valence-corrected chi connectivity index (χ1v) is 17.5. The molecule has 3 aromatic carbocycles. The minimum absolute atomic E-state index is 0.0217. The fraction of sp³-hybridized carbons (Fsp3) is 0.400. The van der Waals surface area contributed by atoms with Crippen LogP contribution < -0.4 is 21.1 Å². The Kier molecular flexibility index (Phi) is 12.6. The number of hydrogen-bond donors (Lipinski definition) is 4. The van der Waals surface area contributed by atoms with Crippen molar-refractivity contribution in [3.05, 3.63) is 78.4 Å². The van der Waals surface area contributed by atoms with E-state index in [-0.39, 0.29) is 66.0 Å². The van der Waals surface area contributed by atoms with Gasteiger partial charge in [-0.2, -0.15) is 4.31 Å². The van der Waals surface area contributed by atoms with Crippen LogP contribution in [0.4, 0.5) is 17.1 Å². The molecule has 0 radical (unpaired) electrons. The first-order chi connectivity index (χ1) is 22.9. The molecule has 48 heavy (non-hydrogen) atoms.